The maximum Gasteiger partial charge on any atom is 0.148 e. The Morgan fingerprint density at radius 1 is 1.37 bits per heavy atom. The zero-order valence-electron chi connectivity index (χ0n) is 10.8. The number of ether oxygens (including phenoxy) is 1. The summed E-state index contributed by atoms with van der Waals surface area (Å²) in [5.41, 5.74) is 2.44. The van der Waals surface area contributed by atoms with Crippen LogP contribution < -0.4 is 10.1 Å². The van der Waals surface area contributed by atoms with Crippen molar-refractivity contribution in [3.8, 4) is 5.75 Å². The van der Waals surface area contributed by atoms with Crippen LogP contribution in [0.15, 0.2) is 28.9 Å². The average Bonchev–Trinajstić information content (AvgIpc) is 2.76. The van der Waals surface area contributed by atoms with Gasteiger partial charge >= 0.3 is 0 Å². The molecule has 0 unspecified atom stereocenters. The van der Waals surface area contributed by atoms with Crippen molar-refractivity contribution in [1.82, 2.24) is 14.9 Å². The fraction of sp³-hybridized carbons (Fsp3) is 0.357. The lowest BCUT2D eigenvalue weighted by atomic mass is 10.2. The first-order valence-corrected chi connectivity index (χ1v) is 7.17. The van der Waals surface area contributed by atoms with Gasteiger partial charge in [-0.1, -0.05) is 17.7 Å². The second-order valence-electron chi connectivity index (χ2n) is 4.70. The molecule has 5 heteroatoms. The lowest BCUT2D eigenvalue weighted by Gasteiger charge is -2.18. The van der Waals surface area contributed by atoms with Crippen LogP contribution in [-0.2, 0) is 19.7 Å². The van der Waals surface area contributed by atoms with Gasteiger partial charge in [0.05, 0.1) is 5.69 Å². The summed E-state index contributed by atoms with van der Waals surface area (Å²) < 4.78 is 8.95. The lowest BCUT2D eigenvalue weighted by molar-refractivity contribution is 0.286. The highest BCUT2D eigenvalue weighted by atomic mass is 79.9. The highest BCUT2D eigenvalue weighted by Crippen LogP contribution is 2.21. The molecule has 1 aliphatic heterocycles. The third-order valence-electron chi connectivity index (χ3n) is 3.30. The quantitative estimate of drug-likeness (QED) is 0.944. The lowest BCUT2D eigenvalue weighted by Crippen LogP contribution is -2.29. The zero-order valence-corrected chi connectivity index (χ0v) is 12.4. The van der Waals surface area contributed by atoms with Crippen LogP contribution in [0.3, 0.4) is 0 Å². The first-order valence-electron chi connectivity index (χ1n) is 6.38. The van der Waals surface area contributed by atoms with E-state index in [0.29, 0.717) is 6.61 Å². The van der Waals surface area contributed by atoms with E-state index in [4.69, 9.17) is 4.74 Å². The predicted molar refractivity (Wildman–Crippen MR) is 77.1 cm³/mol. The minimum atomic E-state index is 0.502. The van der Waals surface area contributed by atoms with Crippen molar-refractivity contribution in [1.29, 1.82) is 0 Å². The number of halogens is 1. The molecule has 0 fully saturated rings. The minimum absolute atomic E-state index is 0.502. The largest absolute Gasteiger partial charge is 0.486 e. The molecule has 0 radical (unpaired) electrons. The maximum atomic E-state index is 5.80. The van der Waals surface area contributed by atoms with Gasteiger partial charge in [-0.3, -0.25) is 0 Å². The maximum absolute atomic E-state index is 5.80. The first kappa shape index (κ1) is 12.7. The van der Waals surface area contributed by atoms with E-state index in [1.54, 1.807) is 0 Å². The van der Waals surface area contributed by atoms with Crippen LogP contribution in [0.4, 0.5) is 0 Å². The van der Waals surface area contributed by atoms with Gasteiger partial charge in [-0.2, -0.15) is 0 Å². The molecule has 0 atom stereocenters. The van der Waals surface area contributed by atoms with E-state index in [0.717, 1.165) is 35.8 Å². The number of aryl methyl sites for hydroxylation is 1. The van der Waals surface area contributed by atoms with Gasteiger partial charge in [0.25, 0.3) is 0 Å². The summed E-state index contributed by atoms with van der Waals surface area (Å²) in [5.74, 6) is 1.86. The molecule has 0 amide bonds. The van der Waals surface area contributed by atoms with Gasteiger partial charge in [-0.25, -0.2) is 4.98 Å². The molecular formula is C14H16BrN3O. The summed E-state index contributed by atoms with van der Waals surface area (Å²) in [6.07, 6.45) is 0. The fourth-order valence-electron chi connectivity index (χ4n) is 2.23. The summed E-state index contributed by atoms with van der Waals surface area (Å²) in [4.78, 5) is 4.54. The van der Waals surface area contributed by atoms with Gasteiger partial charge in [0.2, 0.25) is 0 Å². The molecule has 1 aromatic heterocycles. The van der Waals surface area contributed by atoms with Gasteiger partial charge in [-0.15, -0.1) is 0 Å². The Morgan fingerprint density at radius 2 is 2.16 bits per heavy atom. The second kappa shape index (κ2) is 5.35. The van der Waals surface area contributed by atoms with Crippen molar-refractivity contribution < 1.29 is 4.74 Å². The van der Waals surface area contributed by atoms with E-state index >= 15 is 0 Å². The first-order chi connectivity index (χ1) is 9.24. The monoisotopic (exact) mass is 321 g/mol. The third-order valence-corrected chi connectivity index (χ3v) is 3.93. The molecule has 2 heterocycles. The molecule has 1 N–H and O–H groups in total. The topological polar surface area (TPSA) is 39.1 Å². The van der Waals surface area contributed by atoms with Crippen LogP contribution in [0.2, 0.25) is 0 Å². The summed E-state index contributed by atoms with van der Waals surface area (Å²) in [5, 5.41) is 3.34. The van der Waals surface area contributed by atoms with Crippen molar-refractivity contribution in [3.05, 3.63) is 46.0 Å². The molecule has 100 valence electrons. The van der Waals surface area contributed by atoms with Crippen LogP contribution in [0, 0.1) is 6.92 Å². The van der Waals surface area contributed by atoms with Crippen molar-refractivity contribution in [2.24, 2.45) is 0 Å². The standard InChI is InChI=1S/C14H16BrN3O/c1-10-2-4-11(5-3-10)19-9-13-17-14(15)12-8-16-6-7-18(12)13/h2-5,16H,6-9H2,1H3. The Morgan fingerprint density at radius 3 is 2.95 bits per heavy atom. The number of rotatable bonds is 3. The van der Waals surface area contributed by atoms with Crippen LogP contribution in [0.25, 0.3) is 0 Å². The molecule has 19 heavy (non-hydrogen) atoms. The molecule has 3 rings (SSSR count). The summed E-state index contributed by atoms with van der Waals surface area (Å²) in [6.45, 7) is 5.35. The number of hydrogen-bond donors (Lipinski definition) is 1. The van der Waals surface area contributed by atoms with Gasteiger partial charge in [0.1, 0.15) is 22.8 Å². The number of benzene rings is 1. The number of nitrogens with one attached hydrogen (secondary N) is 1. The second-order valence-corrected chi connectivity index (χ2v) is 5.45. The highest BCUT2D eigenvalue weighted by molar-refractivity contribution is 9.10. The highest BCUT2D eigenvalue weighted by Gasteiger charge is 2.18. The van der Waals surface area contributed by atoms with E-state index in [2.05, 4.69) is 49.9 Å². The van der Waals surface area contributed by atoms with Crippen molar-refractivity contribution in [2.45, 2.75) is 26.6 Å². The molecule has 0 spiro atoms. The van der Waals surface area contributed by atoms with Crippen LogP contribution in [0.1, 0.15) is 17.1 Å². The average molecular weight is 322 g/mol. The van der Waals surface area contributed by atoms with Gasteiger partial charge in [0, 0.05) is 19.6 Å². The molecule has 0 bridgehead atoms. The van der Waals surface area contributed by atoms with Crippen molar-refractivity contribution in [3.63, 3.8) is 0 Å². The molecule has 1 aliphatic rings. The molecule has 0 saturated carbocycles. The van der Waals surface area contributed by atoms with Crippen LogP contribution in [-0.4, -0.2) is 16.1 Å². The molecule has 0 saturated heterocycles. The molecule has 4 nitrogen and oxygen atoms in total. The van der Waals surface area contributed by atoms with Crippen molar-refractivity contribution >= 4 is 15.9 Å². The van der Waals surface area contributed by atoms with E-state index in [1.807, 2.05) is 12.1 Å². The van der Waals surface area contributed by atoms with Gasteiger partial charge in [-0.05, 0) is 35.0 Å². The molecule has 0 aliphatic carbocycles. The number of nitrogens with zero attached hydrogens (tertiary/aromatic N) is 2. The fourth-order valence-corrected chi connectivity index (χ4v) is 2.79. The van der Waals surface area contributed by atoms with Gasteiger partial charge in [0.15, 0.2) is 0 Å². The zero-order chi connectivity index (χ0) is 13.2. The number of fused-ring (bicyclic) bond motifs is 1. The third kappa shape index (κ3) is 2.67. The molecule has 1 aromatic carbocycles. The van der Waals surface area contributed by atoms with Crippen molar-refractivity contribution in [2.75, 3.05) is 6.54 Å². The van der Waals surface area contributed by atoms with Crippen LogP contribution >= 0.6 is 15.9 Å². The Bertz CT molecular complexity index is 577. The predicted octanol–water partition coefficient (Wildman–Crippen LogP) is 2.64. The van der Waals surface area contributed by atoms with Gasteiger partial charge < -0.3 is 14.6 Å². The summed E-state index contributed by atoms with van der Waals surface area (Å²) in [7, 11) is 0. The number of hydrogen-bond acceptors (Lipinski definition) is 3. The molecule has 2 aromatic rings. The number of aromatic nitrogens is 2. The number of imidazole rings is 1. The van der Waals surface area contributed by atoms with E-state index in [-0.39, 0.29) is 0 Å². The Kier molecular flexibility index (Phi) is 3.57. The summed E-state index contributed by atoms with van der Waals surface area (Å²) in [6, 6.07) is 8.09. The van der Waals surface area contributed by atoms with E-state index in [9.17, 15) is 0 Å². The SMILES string of the molecule is Cc1ccc(OCc2nc(Br)c3n2CCNC3)cc1. The van der Waals surface area contributed by atoms with Crippen LogP contribution in [0.5, 0.6) is 5.75 Å². The summed E-state index contributed by atoms with van der Waals surface area (Å²) >= 11 is 3.51. The smallest absolute Gasteiger partial charge is 0.148 e. The normalized spacial score (nSPS) is 14.2. The Hall–Kier alpha value is -1.33. The molecular weight excluding hydrogens is 306 g/mol. The van der Waals surface area contributed by atoms with E-state index < -0.39 is 0 Å². The Labute approximate surface area is 120 Å². The Balaban J connectivity index is 1.75. The minimum Gasteiger partial charge on any atom is -0.486 e. The van der Waals surface area contributed by atoms with E-state index in [1.165, 1.54) is 11.3 Å².